The molecular formula is C13H14BrN3O2. The van der Waals surface area contributed by atoms with Crippen LogP contribution >= 0.6 is 15.9 Å². The Kier molecular flexibility index (Phi) is 4.34. The van der Waals surface area contributed by atoms with Gasteiger partial charge in [0.2, 0.25) is 0 Å². The molecule has 0 saturated heterocycles. The van der Waals surface area contributed by atoms with E-state index in [4.69, 9.17) is 15.2 Å². The summed E-state index contributed by atoms with van der Waals surface area (Å²) in [7, 11) is 3.19. The Morgan fingerprint density at radius 2 is 2.00 bits per heavy atom. The highest BCUT2D eigenvalue weighted by atomic mass is 79.9. The fourth-order valence-electron chi connectivity index (χ4n) is 1.81. The fourth-order valence-corrected chi connectivity index (χ4v) is 2.49. The van der Waals surface area contributed by atoms with E-state index in [9.17, 15) is 0 Å². The van der Waals surface area contributed by atoms with Crippen LogP contribution in [0.15, 0.2) is 35.2 Å². The van der Waals surface area contributed by atoms with Crippen LogP contribution in [0.3, 0.4) is 0 Å². The number of nitrogens with zero attached hydrogens (tertiary/aromatic N) is 2. The van der Waals surface area contributed by atoms with Crippen LogP contribution in [-0.2, 0) is 0 Å². The summed E-state index contributed by atoms with van der Waals surface area (Å²) in [5.41, 5.74) is 7.78. The average Bonchev–Trinajstić information content (AvgIpc) is 2.47. The average molecular weight is 324 g/mol. The monoisotopic (exact) mass is 323 g/mol. The maximum Gasteiger partial charge on any atom is 0.141 e. The lowest BCUT2D eigenvalue weighted by molar-refractivity contribution is 0.385. The van der Waals surface area contributed by atoms with Crippen molar-refractivity contribution in [3.05, 3.63) is 46.5 Å². The minimum absolute atomic E-state index is 0.389. The van der Waals surface area contributed by atoms with Gasteiger partial charge < -0.3 is 15.2 Å². The highest BCUT2D eigenvalue weighted by Crippen LogP contribution is 2.40. The standard InChI is InChI=1S/C13H14BrN3O2/c1-18-10-4-3-8(13(19-2)11(10)14)12(15)9-5-6-16-7-17-9/h3-7,12H,15H2,1-2H3. The Bertz CT molecular complexity index is 563. The molecule has 2 aromatic rings. The zero-order valence-electron chi connectivity index (χ0n) is 10.6. The van der Waals surface area contributed by atoms with E-state index in [1.807, 2.05) is 12.1 Å². The molecule has 1 aromatic carbocycles. The molecule has 0 bridgehead atoms. The van der Waals surface area contributed by atoms with Crippen molar-refractivity contribution in [3.63, 3.8) is 0 Å². The van der Waals surface area contributed by atoms with Gasteiger partial charge in [0.1, 0.15) is 22.3 Å². The van der Waals surface area contributed by atoms with Crippen LogP contribution in [0.4, 0.5) is 0 Å². The van der Waals surface area contributed by atoms with Crippen LogP contribution in [0.1, 0.15) is 17.3 Å². The Morgan fingerprint density at radius 1 is 1.21 bits per heavy atom. The van der Waals surface area contributed by atoms with E-state index in [1.165, 1.54) is 6.33 Å². The van der Waals surface area contributed by atoms with Gasteiger partial charge in [-0.05, 0) is 34.1 Å². The van der Waals surface area contributed by atoms with Crippen LogP contribution < -0.4 is 15.2 Å². The van der Waals surface area contributed by atoms with Gasteiger partial charge >= 0.3 is 0 Å². The van der Waals surface area contributed by atoms with Gasteiger partial charge in [-0.3, -0.25) is 0 Å². The number of rotatable bonds is 4. The highest BCUT2D eigenvalue weighted by molar-refractivity contribution is 9.10. The maximum atomic E-state index is 6.22. The third kappa shape index (κ3) is 2.69. The van der Waals surface area contributed by atoms with Gasteiger partial charge in [0.15, 0.2) is 0 Å². The third-order valence-electron chi connectivity index (χ3n) is 2.77. The molecule has 0 radical (unpaired) electrons. The van der Waals surface area contributed by atoms with Crippen LogP contribution in [0.25, 0.3) is 0 Å². The molecule has 5 nitrogen and oxygen atoms in total. The minimum atomic E-state index is -0.389. The smallest absolute Gasteiger partial charge is 0.141 e. The van der Waals surface area contributed by atoms with Crippen molar-refractivity contribution >= 4 is 15.9 Å². The molecule has 1 heterocycles. The molecule has 1 unspecified atom stereocenters. The molecule has 0 saturated carbocycles. The second-order valence-electron chi connectivity index (χ2n) is 3.82. The number of methoxy groups -OCH3 is 2. The molecule has 19 heavy (non-hydrogen) atoms. The van der Waals surface area contributed by atoms with Gasteiger partial charge in [-0.2, -0.15) is 0 Å². The zero-order chi connectivity index (χ0) is 13.8. The van der Waals surface area contributed by atoms with E-state index >= 15 is 0 Å². The van der Waals surface area contributed by atoms with Crippen molar-refractivity contribution in [1.29, 1.82) is 0 Å². The minimum Gasteiger partial charge on any atom is -0.495 e. The molecule has 0 amide bonds. The lowest BCUT2D eigenvalue weighted by Gasteiger charge is -2.17. The summed E-state index contributed by atoms with van der Waals surface area (Å²) < 4.78 is 11.4. The Balaban J connectivity index is 2.48. The molecule has 0 spiro atoms. The third-order valence-corrected chi connectivity index (χ3v) is 3.53. The van der Waals surface area contributed by atoms with E-state index < -0.39 is 0 Å². The van der Waals surface area contributed by atoms with E-state index in [2.05, 4.69) is 25.9 Å². The topological polar surface area (TPSA) is 70.3 Å². The summed E-state index contributed by atoms with van der Waals surface area (Å²) in [6.45, 7) is 0. The van der Waals surface area contributed by atoms with Crippen molar-refractivity contribution in [2.45, 2.75) is 6.04 Å². The molecule has 0 aliphatic rings. The van der Waals surface area contributed by atoms with Crippen molar-refractivity contribution in [1.82, 2.24) is 9.97 Å². The summed E-state index contributed by atoms with van der Waals surface area (Å²) in [6, 6.07) is 5.10. The highest BCUT2D eigenvalue weighted by Gasteiger charge is 2.19. The molecule has 2 N–H and O–H groups in total. The molecule has 1 atom stereocenters. The lowest BCUT2D eigenvalue weighted by Crippen LogP contribution is -2.15. The van der Waals surface area contributed by atoms with Crippen molar-refractivity contribution < 1.29 is 9.47 Å². The number of hydrogen-bond donors (Lipinski definition) is 1. The lowest BCUT2D eigenvalue weighted by atomic mass is 10.0. The number of halogens is 1. The molecule has 2 rings (SSSR count). The predicted molar refractivity (Wildman–Crippen MR) is 75.3 cm³/mol. The van der Waals surface area contributed by atoms with Crippen LogP contribution in [0, 0.1) is 0 Å². The summed E-state index contributed by atoms with van der Waals surface area (Å²) in [5.74, 6) is 1.33. The number of aromatic nitrogens is 2. The molecule has 0 aliphatic carbocycles. The van der Waals surface area contributed by atoms with Gasteiger partial charge in [0.05, 0.1) is 26.0 Å². The van der Waals surface area contributed by atoms with E-state index in [1.54, 1.807) is 26.5 Å². The van der Waals surface area contributed by atoms with E-state index in [0.717, 1.165) is 15.7 Å². The van der Waals surface area contributed by atoms with Crippen molar-refractivity contribution in [2.75, 3.05) is 14.2 Å². The van der Waals surface area contributed by atoms with Crippen LogP contribution in [0.5, 0.6) is 11.5 Å². The van der Waals surface area contributed by atoms with Crippen molar-refractivity contribution in [3.8, 4) is 11.5 Å². The van der Waals surface area contributed by atoms with E-state index in [0.29, 0.717) is 11.5 Å². The largest absolute Gasteiger partial charge is 0.495 e. The summed E-state index contributed by atoms with van der Waals surface area (Å²) >= 11 is 3.45. The van der Waals surface area contributed by atoms with Crippen LogP contribution in [0.2, 0.25) is 0 Å². The quantitative estimate of drug-likeness (QED) is 0.934. The van der Waals surface area contributed by atoms with Crippen molar-refractivity contribution in [2.24, 2.45) is 5.73 Å². The second-order valence-corrected chi connectivity index (χ2v) is 4.61. The summed E-state index contributed by atoms with van der Waals surface area (Å²) in [6.07, 6.45) is 3.13. The molecule has 0 aliphatic heterocycles. The number of nitrogens with two attached hydrogens (primary N) is 1. The molecule has 1 aromatic heterocycles. The van der Waals surface area contributed by atoms with Gasteiger partial charge in [-0.1, -0.05) is 0 Å². The first kappa shape index (κ1) is 13.8. The fraction of sp³-hybridized carbons (Fsp3) is 0.231. The first-order valence-electron chi connectivity index (χ1n) is 5.61. The van der Waals surface area contributed by atoms with Crippen LogP contribution in [-0.4, -0.2) is 24.2 Å². The first-order chi connectivity index (χ1) is 9.19. The van der Waals surface area contributed by atoms with Gasteiger partial charge in [-0.15, -0.1) is 0 Å². The maximum absolute atomic E-state index is 6.22. The van der Waals surface area contributed by atoms with Gasteiger partial charge in [-0.25, -0.2) is 9.97 Å². The number of benzene rings is 1. The number of hydrogen-bond acceptors (Lipinski definition) is 5. The molecular weight excluding hydrogens is 310 g/mol. The SMILES string of the molecule is COc1ccc(C(N)c2ccncn2)c(OC)c1Br. The molecule has 0 fully saturated rings. The van der Waals surface area contributed by atoms with E-state index in [-0.39, 0.29) is 6.04 Å². The number of ether oxygens (including phenoxy) is 2. The Labute approximate surface area is 119 Å². The van der Waals surface area contributed by atoms with Gasteiger partial charge in [0, 0.05) is 11.8 Å². The zero-order valence-corrected chi connectivity index (χ0v) is 12.2. The molecule has 6 heteroatoms. The second kappa shape index (κ2) is 5.99. The Morgan fingerprint density at radius 3 is 2.58 bits per heavy atom. The van der Waals surface area contributed by atoms with Gasteiger partial charge in [0.25, 0.3) is 0 Å². The predicted octanol–water partition coefficient (Wildman–Crippen LogP) is 2.30. The molecule has 100 valence electrons. The summed E-state index contributed by atoms with van der Waals surface area (Å²) in [4.78, 5) is 8.05. The Hall–Kier alpha value is -1.66. The first-order valence-corrected chi connectivity index (χ1v) is 6.40. The summed E-state index contributed by atoms with van der Waals surface area (Å²) in [5, 5.41) is 0. The normalized spacial score (nSPS) is 12.0.